The normalized spacial score (nSPS) is 12.0. The van der Waals surface area contributed by atoms with Gasteiger partial charge in [0.05, 0.1) is 11.0 Å². The largest absolute Gasteiger partial charge is 0.310 e. The zero-order valence-corrected chi connectivity index (χ0v) is 28.5. The second-order valence-corrected chi connectivity index (χ2v) is 15.1. The molecule has 3 aromatic heterocycles. The van der Waals surface area contributed by atoms with Crippen molar-refractivity contribution in [3.63, 3.8) is 0 Å². The van der Waals surface area contributed by atoms with Crippen LogP contribution in [0.1, 0.15) is 0 Å². The molecule has 0 saturated heterocycles. The van der Waals surface area contributed by atoms with Crippen molar-refractivity contribution in [3.05, 3.63) is 170 Å². The van der Waals surface area contributed by atoms with Crippen LogP contribution < -0.4 is 4.90 Å². The van der Waals surface area contributed by atoms with Crippen LogP contribution in [0, 0.1) is 0 Å². The molecule has 0 amide bonds. The minimum Gasteiger partial charge on any atom is -0.310 e. The van der Waals surface area contributed by atoms with Gasteiger partial charge in [0.1, 0.15) is 0 Å². The first-order valence-electron chi connectivity index (χ1n) is 16.9. The van der Waals surface area contributed by atoms with Crippen molar-refractivity contribution in [1.82, 2.24) is 4.57 Å². The van der Waals surface area contributed by atoms with Crippen molar-refractivity contribution in [2.45, 2.75) is 0 Å². The number of hydrogen-bond acceptors (Lipinski definition) is 3. The maximum absolute atomic E-state index is 2.44. The molecule has 0 radical (unpaired) electrons. The minimum atomic E-state index is 1.13. The van der Waals surface area contributed by atoms with Crippen LogP contribution in [0.4, 0.5) is 17.1 Å². The number of thiophene rings is 2. The number of nitrogens with zero attached hydrogens (tertiary/aromatic N) is 2. The average Bonchev–Trinajstić information content (AvgIpc) is 3.83. The molecule has 0 aliphatic carbocycles. The van der Waals surface area contributed by atoms with E-state index in [9.17, 15) is 0 Å². The Balaban J connectivity index is 1.18. The van der Waals surface area contributed by atoms with Crippen molar-refractivity contribution in [2.75, 3.05) is 4.90 Å². The highest BCUT2D eigenvalue weighted by Gasteiger charge is 2.20. The van der Waals surface area contributed by atoms with E-state index < -0.39 is 0 Å². The summed E-state index contributed by atoms with van der Waals surface area (Å²) in [7, 11) is 0. The van der Waals surface area contributed by atoms with E-state index in [2.05, 4.69) is 179 Å². The smallest absolute Gasteiger partial charge is 0.0561 e. The third-order valence-electron chi connectivity index (χ3n) is 10.1. The molecule has 0 spiro atoms. The molecule has 0 N–H and O–H groups in total. The van der Waals surface area contributed by atoms with Crippen LogP contribution in [0.2, 0.25) is 0 Å². The summed E-state index contributed by atoms with van der Waals surface area (Å²) in [5.41, 5.74) is 6.98. The molecule has 8 aromatic carbocycles. The Labute approximate surface area is 296 Å². The summed E-state index contributed by atoms with van der Waals surface area (Å²) >= 11 is 3.74. The van der Waals surface area contributed by atoms with Crippen LogP contribution in [0.5, 0.6) is 0 Å². The number of aromatic nitrogens is 1. The first-order valence-corrected chi connectivity index (χ1v) is 18.6. The predicted molar refractivity (Wildman–Crippen MR) is 219 cm³/mol. The van der Waals surface area contributed by atoms with E-state index >= 15 is 0 Å². The standard InChI is InChI=1S/C46H28N2S2/c1-2-12-31(13-3-1)48-41-16-8-6-14-35(41)36-21-18-33(27-42(36)48)47(34-19-22-38-37-15-7-9-17-43(37)49-46(38)28-34)32-20-23-44-40(26-32)39-24-29-10-4-5-11-30(29)25-45(39)50-44/h1-28H. The topological polar surface area (TPSA) is 8.17 Å². The molecule has 234 valence electrons. The molecule has 50 heavy (non-hydrogen) atoms. The lowest BCUT2D eigenvalue weighted by atomic mass is 10.1. The van der Waals surface area contributed by atoms with Gasteiger partial charge in [-0.2, -0.15) is 0 Å². The molecule has 11 aromatic rings. The highest BCUT2D eigenvalue weighted by Crippen LogP contribution is 2.45. The van der Waals surface area contributed by atoms with Crippen LogP contribution in [0.15, 0.2) is 170 Å². The molecule has 0 aliphatic heterocycles. The van der Waals surface area contributed by atoms with Gasteiger partial charge in [0.2, 0.25) is 0 Å². The molecule has 0 atom stereocenters. The Morgan fingerprint density at radius 3 is 1.76 bits per heavy atom. The second kappa shape index (κ2) is 10.8. The molecule has 11 rings (SSSR count). The van der Waals surface area contributed by atoms with Gasteiger partial charge >= 0.3 is 0 Å². The van der Waals surface area contributed by atoms with Crippen LogP contribution >= 0.6 is 22.7 Å². The van der Waals surface area contributed by atoms with Crippen molar-refractivity contribution in [2.24, 2.45) is 0 Å². The average molecular weight is 673 g/mol. The molecule has 0 aliphatic rings. The van der Waals surface area contributed by atoms with Crippen LogP contribution in [0.3, 0.4) is 0 Å². The van der Waals surface area contributed by atoms with E-state index in [1.165, 1.54) is 72.9 Å². The van der Waals surface area contributed by atoms with Crippen molar-refractivity contribution < 1.29 is 0 Å². The molecule has 0 saturated carbocycles. The summed E-state index contributed by atoms with van der Waals surface area (Å²) in [5, 5.41) is 10.3. The number of hydrogen-bond donors (Lipinski definition) is 0. The van der Waals surface area contributed by atoms with Gasteiger partial charge in [-0.1, -0.05) is 91.0 Å². The summed E-state index contributed by atoms with van der Waals surface area (Å²) in [6, 6.07) is 62.6. The monoisotopic (exact) mass is 672 g/mol. The van der Waals surface area contributed by atoms with Gasteiger partial charge < -0.3 is 9.47 Å². The first kappa shape index (κ1) is 28.0. The summed E-state index contributed by atoms with van der Waals surface area (Å²) in [6.07, 6.45) is 0. The lowest BCUT2D eigenvalue weighted by Gasteiger charge is -2.26. The quantitative estimate of drug-likeness (QED) is 0.181. The minimum absolute atomic E-state index is 1.13. The first-order chi connectivity index (χ1) is 24.8. The van der Waals surface area contributed by atoms with E-state index in [-0.39, 0.29) is 0 Å². The second-order valence-electron chi connectivity index (χ2n) is 13.0. The van der Waals surface area contributed by atoms with E-state index in [1.807, 2.05) is 22.7 Å². The van der Waals surface area contributed by atoms with E-state index in [0.29, 0.717) is 0 Å². The lowest BCUT2D eigenvalue weighted by molar-refractivity contribution is 1.18. The molecule has 0 bridgehead atoms. The maximum Gasteiger partial charge on any atom is 0.0561 e. The third kappa shape index (κ3) is 4.19. The molecular formula is C46H28N2S2. The maximum atomic E-state index is 2.44. The highest BCUT2D eigenvalue weighted by atomic mass is 32.1. The van der Waals surface area contributed by atoms with Gasteiger partial charge in [-0.05, 0) is 89.6 Å². The molecule has 3 heterocycles. The van der Waals surface area contributed by atoms with Crippen molar-refractivity contribution in [1.29, 1.82) is 0 Å². The number of rotatable bonds is 4. The van der Waals surface area contributed by atoms with Crippen LogP contribution in [-0.2, 0) is 0 Å². The Morgan fingerprint density at radius 1 is 0.340 bits per heavy atom. The summed E-state index contributed by atoms with van der Waals surface area (Å²) in [6.45, 7) is 0. The zero-order chi connectivity index (χ0) is 32.8. The van der Waals surface area contributed by atoms with Gasteiger partial charge in [-0.15, -0.1) is 22.7 Å². The van der Waals surface area contributed by atoms with Crippen molar-refractivity contribution >= 4 is 113 Å². The highest BCUT2D eigenvalue weighted by molar-refractivity contribution is 7.26. The number of fused-ring (bicyclic) bond motifs is 10. The SMILES string of the molecule is c1ccc(-n2c3ccccc3c3ccc(N(c4ccc5c(c4)sc4ccccc45)c4ccc5sc6cc7ccccc7cc6c5c4)cc32)cc1. The number of benzene rings is 8. The zero-order valence-electron chi connectivity index (χ0n) is 26.9. The Morgan fingerprint density at radius 2 is 0.900 bits per heavy atom. The Hall–Kier alpha value is -5.94. The molecular weight excluding hydrogens is 645 g/mol. The molecule has 2 nitrogen and oxygen atoms in total. The van der Waals surface area contributed by atoms with Gasteiger partial charge in [0.15, 0.2) is 0 Å². The fourth-order valence-electron chi connectivity index (χ4n) is 7.84. The van der Waals surface area contributed by atoms with Gasteiger partial charge in [-0.25, -0.2) is 0 Å². The molecule has 0 unspecified atom stereocenters. The van der Waals surface area contributed by atoms with Crippen molar-refractivity contribution in [3.8, 4) is 5.69 Å². The Bertz CT molecular complexity index is 3110. The molecule has 4 heteroatoms. The number of para-hydroxylation sites is 2. The predicted octanol–water partition coefficient (Wildman–Crippen LogP) is 14.1. The summed E-state index contributed by atoms with van der Waals surface area (Å²) in [5.74, 6) is 0. The fourth-order valence-corrected chi connectivity index (χ4v) is 10.1. The number of anilines is 3. The van der Waals surface area contributed by atoms with E-state index in [4.69, 9.17) is 0 Å². The lowest BCUT2D eigenvalue weighted by Crippen LogP contribution is -2.10. The van der Waals surface area contributed by atoms with Gasteiger partial charge in [0, 0.05) is 73.9 Å². The van der Waals surface area contributed by atoms with E-state index in [0.717, 1.165) is 22.7 Å². The summed E-state index contributed by atoms with van der Waals surface area (Å²) < 4.78 is 7.64. The Kier molecular flexibility index (Phi) is 6.03. The molecule has 0 fully saturated rings. The fraction of sp³-hybridized carbons (Fsp3) is 0. The van der Waals surface area contributed by atoms with Crippen LogP contribution in [0.25, 0.3) is 78.6 Å². The van der Waals surface area contributed by atoms with Gasteiger partial charge in [-0.3, -0.25) is 0 Å². The van der Waals surface area contributed by atoms with Gasteiger partial charge in [0.25, 0.3) is 0 Å². The third-order valence-corrected chi connectivity index (χ3v) is 12.4. The van der Waals surface area contributed by atoms with E-state index in [1.54, 1.807) is 0 Å². The summed E-state index contributed by atoms with van der Waals surface area (Å²) in [4.78, 5) is 2.44. The van der Waals surface area contributed by atoms with Crippen LogP contribution in [-0.4, -0.2) is 4.57 Å².